The van der Waals surface area contributed by atoms with Crippen LogP contribution >= 0.6 is 0 Å². The summed E-state index contributed by atoms with van der Waals surface area (Å²) in [5.41, 5.74) is -2.96. The molecule has 1 N–H and O–H groups in total. The topological polar surface area (TPSA) is 23.5 Å². The molecule has 0 fully saturated rings. The molecule has 0 saturated carbocycles. The van der Waals surface area contributed by atoms with E-state index in [0.717, 1.165) is 6.07 Å². The van der Waals surface area contributed by atoms with Crippen molar-refractivity contribution in [3.8, 4) is 0 Å². The fraction of sp³-hybridized carbons (Fsp3) is 0.647. The molecule has 0 saturated heterocycles. The fourth-order valence-electron chi connectivity index (χ4n) is 2.82. The molecule has 11 heteroatoms. The first kappa shape index (κ1) is 24.4. The van der Waals surface area contributed by atoms with Gasteiger partial charge in [0.05, 0.1) is 12.0 Å². The Balaban J connectivity index is 3.39. The van der Waals surface area contributed by atoms with Crippen LogP contribution in [-0.2, 0) is 5.60 Å². The Labute approximate surface area is 155 Å². The first-order valence-electron chi connectivity index (χ1n) is 8.23. The highest BCUT2D eigenvalue weighted by molar-refractivity contribution is 5.56. The van der Waals surface area contributed by atoms with Gasteiger partial charge in [-0.25, -0.2) is 0 Å². The zero-order valence-corrected chi connectivity index (χ0v) is 15.2. The third-order valence-corrected chi connectivity index (χ3v) is 4.36. The Morgan fingerprint density at radius 3 is 1.71 bits per heavy atom. The summed E-state index contributed by atoms with van der Waals surface area (Å²) in [6, 6.07) is 5.26. The van der Waals surface area contributed by atoms with Crippen molar-refractivity contribution < 1.29 is 44.6 Å². The lowest BCUT2D eigenvalue weighted by molar-refractivity contribution is -0.400. The number of alkyl halides is 9. The molecule has 0 aliphatic carbocycles. The second-order valence-corrected chi connectivity index (χ2v) is 6.49. The number of rotatable bonds is 8. The third-order valence-electron chi connectivity index (χ3n) is 4.36. The van der Waals surface area contributed by atoms with Gasteiger partial charge in [0, 0.05) is 24.3 Å². The maximum atomic E-state index is 14.0. The zero-order chi connectivity index (χ0) is 22.2. The van der Waals surface area contributed by atoms with Crippen LogP contribution in [0.1, 0.15) is 32.8 Å². The van der Waals surface area contributed by atoms with E-state index in [1.807, 2.05) is 0 Å². The van der Waals surface area contributed by atoms with Gasteiger partial charge in [-0.3, -0.25) is 0 Å². The Hall–Kier alpha value is -1.65. The number of nitrogens with zero attached hydrogens (tertiary/aromatic N) is 1. The highest BCUT2D eigenvalue weighted by Gasteiger charge is 2.82. The zero-order valence-electron chi connectivity index (χ0n) is 15.2. The number of anilines is 1. The normalized spacial score (nSPS) is 16.0. The third kappa shape index (κ3) is 4.18. The molecule has 0 aliphatic heterocycles. The van der Waals surface area contributed by atoms with Crippen LogP contribution in [0.4, 0.5) is 45.2 Å². The van der Waals surface area contributed by atoms with E-state index in [4.69, 9.17) is 0 Å². The van der Waals surface area contributed by atoms with Gasteiger partial charge in [0.25, 0.3) is 0 Å². The summed E-state index contributed by atoms with van der Waals surface area (Å²) in [6.45, 7) is 4.69. The molecule has 162 valence electrons. The van der Waals surface area contributed by atoms with Gasteiger partial charge >= 0.3 is 23.9 Å². The minimum absolute atomic E-state index is 0.166. The van der Waals surface area contributed by atoms with E-state index < -0.39 is 36.0 Å². The van der Waals surface area contributed by atoms with E-state index in [-0.39, 0.29) is 11.3 Å². The average Bonchev–Trinajstić information content (AvgIpc) is 2.54. The Kier molecular flexibility index (Phi) is 6.66. The summed E-state index contributed by atoms with van der Waals surface area (Å²) in [5.74, 6) is -19.6. The molecular weight excluding hydrogens is 405 g/mol. The molecule has 28 heavy (non-hydrogen) atoms. The van der Waals surface area contributed by atoms with Crippen molar-refractivity contribution in [3.05, 3.63) is 29.8 Å². The van der Waals surface area contributed by atoms with Gasteiger partial charge < -0.3 is 10.0 Å². The lowest BCUT2D eigenvalue weighted by Gasteiger charge is -2.38. The van der Waals surface area contributed by atoms with Gasteiger partial charge in [0.1, 0.15) is 0 Å². The van der Waals surface area contributed by atoms with Crippen molar-refractivity contribution in [2.45, 2.75) is 56.7 Å². The van der Waals surface area contributed by atoms with Crippen LogP contribution in [0.25, 0.3) is 0 Å². The summed E-state index contributed by atoms with van der Waals surface area (Å²) >= 11 is 0. The summed E-state index contributed by atoms with van der Waals surface area (Å²) in [6.07, 6.45) is -9.25. The van der Waals surface area contributed by atoms with Gasteiger partial charge in [0.2, 0.25) is 0 Å². The lowest BCUT2D eigenvalue weighted by Crippen LogP contribution is -2.62. The minimum Gasteiger partial charge on any atom is -0.385 e. The molecule has 1 unspecified atom stereocenters. The SMILES string of the molecule is CCN(CC)c1ccccc1C(C)(O)CC(F)(F)C(F)(F)C(F)(F)C(F)(F)F. The molecule has 0 bridgehead atoms. The van der Waals surface area contributed by atoms with E-state index in [1.54, 1.807) is 18.7 Å². The molecule has 0 amide bonds. The number of benzene rings is 1. The van der Waals surface area contributed by atoms with Crippen LogP contribution in [-0.4, -0.2) is 42.1 Å². The monoisotopic (exact) mass is 425 g/mol. The quantitative estimate of drug-likeness (QED) is 0.549. The summed E-state index contributed by atoms with van der Waals surface area (Å²) in [5, 5.41) is 10.4. The van der Waals surface area contributed by atoms with Crippen molar-refractivity contribution in [1.82, 2.24) is 0 Å². The van der Waals surface area contributed by atoms with Crippen LogP contribution in [0.3, 0.4) is 0 Å². The largest absolute Gasteiger partial charge is 0.460 e. The van der Waals surface area contributed by atoms with Crippen molar-refractivity contribution in [2.24, 2.45) is 0 Å². The second kappa shape index (κ2) is 7.64. The molecule has 1 atom stereocenters. The standard InChI is InChI=1S/C17H20F9NO/c1-4-27(5-2)12-9-7-6-8-11(12)13(3,28)10-14(18,19)15(20,21)16(22,23)17(24,25)26/h6-9,28H,4-5,10H2,1-3H3. The number of hydrogen-bond acceptors (Lipinski definition) is 2. The number of para-hydroxylation sites is 1. The summed E-state index contributed by atoms with van der Waals surface area (Å²) in [4.78, 5) is 1.57. The minimum atomic E-state index is -6.99. The first-order valence-corrected chi connectivity index (χ1v) is 8.23. The average molecular weight is 425 g/mol. The second-order valence-electron chi connectivity index (χ2n) is 6.49. The molecule has 0 spiro atoms. The highest BCUT2D eigenvalue weighted by atomic mass is 19.4. The molecule has 1 aromatic carbocycles. The molecule has 0 radical (unpaired) electrons. The van der Waals surface area contributed by atoms with Gasteiger partial charge in [-0.1, -0.05) is 18.2 Å². The predicted molar refractivity (Wildman–Crippen MR) is 85.1 cm³/mol. The van der Waals surface area contributed by atoms with Crippen molar-refractivity contribution in [1.29, 1.82) is 0 Å². The summed E-state index contributed by atoms with van der Waals surface area (Å²) < 4.78 is 118. The summed E-state index contributed by atoms with van der Waals surface area (Å²) in [7, 11) is 0. The number of aliphatic hydroxyl groups is 1. The van der Waals surface area contributed by atoms with Gasteiger partial charge in [-0.05, 0) is 26.8 Å². The number of hydrogen-bond donors (Lipinski definition) is 1. The maximum Gasteiger partial charge on any atom is 0.460 e. The fourth-order valence-corrected chi connectivity index (χ4v) is 2.82. The number of halogens is 9. The van der Waals surface area contributed by atoms with E-state index in [9.17, 15) is 44.6 Å². The molecule has 0 aromatic heterocycles. The van der Waals surface area contributed by atoms with Crippen molar-refractivity contribution in [3.63, 3.8) is 0 Å². The smallest absolute Gasteiger partial charge is 0.385 e. The van der Waals surface area contributed by atoms with Crippen LogP contribution in [0.2, 0.25) is 0 Å². The van der Waals surface area contributed by atoms with E-state index in [0.29, 0.717) is 20.0 Å². The molecule has 0 heterocycles. The van der Waals surface area contributed by atoms with E-state index in [1.165, 1.54) is 18.2 Å². The first-order chi connectivity index (χ1) is 12.5. The maximum absolute atomic E-state index is 14.0. The lowest BCUT2D eigenvalue weighted by atomic mass is 9.85. The molecule has 2 nitrogen and oxygen atoms in total. The van der Waals surface area contributed by atoms with Crippen molar-refractivity contribution in [2.75, 3.05) is 18.0 Å². The van der Waals surface area contributed by atoms with Crippen LogP contribution in [0.15, 0.2) is 24.3 Å². The van der Waals surface area contributed by atoms with Crippen LogP contribution in [0, 0.1) is 0 Å². The van der Waals surface area contributed by atoms with E-state index >= 15 is 0 Å². The van der Waals surface area contributed by atoms with Gasteiger partial charge in [-0.2, -0.15) is 39.5 Å². The Morgan fingerprint density at radius 1 is 0.821 bits per heavy atom. The molecule has 1 aromatic rings. The van der Waals surface area contributed by atoms with Gasteiger partial charge in [-0.15, -0.1) is 0 Å². The van der Waals surface area contributed by atoms with Gasteiger partial charge in [0.15, 0.2) is 0 Å². The molecule has 1 rings (SSSR count). The van der Waals surface area contributed by atoms with Crippen molar-refractivity contribution >= 4 is 5.69 Å². The molecule has 0 aliphatic rings. The van der Waals surface area contributed by atoms with Crippen LogP contribution in [0.5, 0.6) is 0 Å². The predicted octanol–water partition coefficient (Wildman–Crippen LogP) is 5.60. The van der Waals surface area contributed by atoms with Crippen LogP contribution < -0.4 is 4.90 Å². The Bertz CT molecular complexity index is 667. The highest BCUT2D eigenvalue weighted by Crippen LogP contribution is 2.56. The molecular formula is C17H20F9NO. The van der Waals surface area contributed by atoms with E-state index in [2.05, 4.69) is 0 Å². The Morgan fingerprint density at radius 2 is 1.29 bits per heavy atom.